The van der Waals surface area contributed by atoms with Crippen molar-refractivity contribution in [3.63, 3.8) is 0 Å². The average molecular weight is 301 g/mol. The standard InChI is InChI=1S/C22H36/c1-7-11-21(14-9-13-19(3)4)15-10-16-22(12-8-2)18-17-20(5)6/h7-8,13,15,18,20H,1-2,9-12,14,16-17H2,3-6H3/b21-15+,22-18+. The molecule has 0 heteroatoms. The Morgan fingerprint density at radius 3 is 1.77 bits per heavy atom. The van der Waals surface area contributed by atoms with Gasteiger partial charge in [0.25, 0.3) is 0 Å². The highest BCUT2D eigenvalue weighted by Crippen LogP contribution is 2.18. The highest BCUT2D eigenvalue weighted by molar-refractivity contribution is 5.12. The van der Waals surface area contributed by atoms with Gasteiger partial charge >= 0.3 is 0 Å². The maximum atomic E-state index is 3.88. The Morgan fingerprint density at radius 1 is 0.818 bits per heavy atom. The van der Waals surface area contributed by atoms with Crippen LogP contribution in [-0.2, 0) is 0 Å². The highest BCUT2D eigenvalue weighted by Gasteiger charge is 1.99. The predicted octanol–water partition coefficient (Wildman–Crippen LogP) is 7.56. The minimum absolute atomic E-state index is 0.732. The van der Waals surface area contributed by atoms with Gasteiger partial charge in [-0.3, -0.25) is 0 Å². The second-order valence-electron chi connectivity index (χ2n) is 6.70. The summed E-state index contributed by atoms with van der Waals surface area (Å²) < 4.78 is 0. The van der Waals surface area contributed by atoms with E-state index in [1.165, 1.54) is 23.1 Å². The van der Waals surface area contributed by atoms with Crippen LogP contribution in [0.3, 0.4) is 0 Å². The van der Waals surface area contributed by atoms with Gasteiger partial charge < -0.3 is 0 Å². The second kappa shape index (κ2) is 13.4. The van der Waals surface area contributed by atoms with Crippen molar-refractivity contribution in [3.05, 3.63) is 60.3 Å². The first kappa shape index (κ1) is 20.7. The fourth-order valence-electron chi connectivity index (χ4n) is 2.36. The van der Waals surface area contributed by atoms with Crippen molar-refractivity contribution in [2.75, 3.05) is 0 Å². The van der Waals surface area contributed by atoms with Crippen LogP contribution < -0.4 is 0 Å². The SMILES string of the molecule is C=CC/C(=C\CC/C(=C/CC(C)C)CC=C)CCC=C(C)C. The molecule has 0 aliphatic rings. The van der Waals surface area contributed by atoms with Crippen LogP contribution >= 0.6 is 0 Å². The third-order valence-electron chi connectivity index (χ3n) is 3.61. The Hall–Kier alpha value is -1.30. The molecule has 0 aromatic heterocycles. The zero-order valence-electron chi connectivity index (χ0n) is 15.3. The summed E-state index contributed by atoms with van der Waals surface area (Å²) in [6.07, 6.45) is 19.0. The minimum Gasteiger partial charge on any atom is -0.103 e. The Morgan fingerprint density at radius 2 is 1.32 bits per heavy atom. The van der Waals surface area contributed by atoms with E-state index < -0.39 is 0 Å². The van der Waals surface area contributed by atoms with E-state index in [-0.39, 0.29) is 0 Å². The topological polar surface area (TPSA) is 0 Å². The molecule has 0 bridgehead atoms. The molecule has 0 aromatic rings. The van der Waals surface area contributed by atoms with Crippen LogP contribution in [0.15, 0.2) is 60.3 Å². The van der Waals surface area contributed by atoms with E-state index in [0.29, 0.717) is 0 Å². The first-order valence-electron chi connectivity index (χ1n) is 8.70. The number of hydrogen-bond acceptors (Lipinski definition) is 0. The van der Waals surface area contributed by atoms with Gasteiger partial charge in [0.1, 0.15) is 0 Å². The van der Waals surface area contributed by atoms with Crippen molar-refractivity contribution in [1.29, 1.82) is 0 Å². The van der Waals surface area contributed by atoms with Gasteiger partial charge in [-0.05, 0) is 64.7 Å². The highest BCUT2D eigenvalue weighted by atomic mass is 14.0. The van der Waals surface area contributed by atoms with Crippen molar-refractivity contribution in [2.45, 2.75) is 72.6 Å². The summed E-state index contributed by atoms with van der Waals surface area (Å²) in [5.74, 6) is 0.732. The van der Waals surface area contributed by atoms with Gasteiger partial charge in [-0.15, -0.1) is 13.2 Å². The summed E-state index contributed by atoms with van der Waals surface area (Å²) in [6, 6.07) is 0. The van der Waals surface area contributed by atoms with Crippen molar-refractivity contribution < 1.29 is 0 Å². The van der Waals surface area contributed by atoms with Crippen LogP contribution in [0, 0.1) is 5.92 Å². The van der Waals surface area contributed by atoms with Crippen LogP contribution in [0.4, 0.5) is 0 Å². The number of hydrogen-bond donors (Lipinski definition) is 0. The number of allylic oxidation sites excluding steroid dienone is 8. The molecule has 0 saturated carbocycles. The maximum Gasteiger partial charge on any atom is -0.0141 e. The normalized spacial score (nSPS) is 12.4. The van der Waals surface area contributed by atoms with Crippen LogP contribution in [0.2, 0.25) is 0 Å². The van der Waals surface area contributed by atoms with Crippen molar-refractivity contribution in [2.24, 2.45) is 5.92 Å². The summed E-state index contributed by atoms with van der Waals surface area (Å²) in [7, 11) is 0. The monoisotopic (exact) mass is 300 g/mol. The molecule has 0 amide bonds. The van der Waals surface area contributed by atoms with Crippen molar-refractivity contribution >= 4 is 0 Å². The van der Waals surface area contributed by atoms with Crippen molar-refractivity contribution in [3.8, 4) is 0 Å². The van der Waals surface area contributed by atoms with E-state index in [9.17, 15) is 0 Å². The summed E-state index contributed by atoms with van der Waals surface area (Å²) >= 11 is 0. The van der Waals surface area contributed by atoms with Crippen LogP contribution in [-0.4, -0.2) is 0 Å². The lowest BCUT2D eigenvalue weighted by atomic mass is 9.99. The first-order valence-corrected chi connectivity index (χ1v) is 8.70. The van der Waals surface area contributed by atoms with E-state index in [4.69, 9.17) is 0 Å². The molecule has 0 aliphatic carbocycles. The molecule has 0 aliphatic heterocycles. The van der Waals surface area contributed by atoms with Crippen LogP contribution in [0.1, 0.15) is 72.6 Å². The Labute approximate surface area is 139 Å². The van der Waals surface area contributed by atoms with E-state index in [1.807, 2.05) is 12.2 Å². The Balaban J connectivity index is 4.50. The third kappa shape index (κ3) is 12.4. The molecule has 0 saturated heterocycles. The molecule has 0 atom stereocenters. The molecule has 0 N–H and O–H groups in total. The Bertz CT molecular complexity index is 398. The summed E-state index contributed by atoms with van der Waals surface area (Å²) in [5.41, 5.74) is 4.46. The molecular weight excluding hydrogens is 264 g/mol. The molecule has 0 heterocycles. The summed E-state index contributed by atoms with van der Waals surface area (Å²) in [6.45, 7) is 16.6. The lowest BCUT2D eigenvalue weighted by molar-refractivity contribution is 0.658. The molecule has 0 spiro atoms. The third-order valence-corrected chi connectivity index (χ3v) is 3.61. The quantitative estimate of drug-likeness (QED) is 0.326. The van der Waals surface area contributed by atoms with Gasteiger partial charge in [-0.2, -0.15) is 0 Å². The smallest absolute Gasteiger partial charge is 0.0141 e. The average Bonchev–Trinajstić information content (AvgIpc) is 2.44. The fraction of sp³-hybridized carbons (Fsp3) is 0.545. The van der Waals surface area contributed by atoms with E-state index in [0.717, 1.165) is 44.4 Å². The van der Waals surface area contributed by atoms with Gasteiger partial charge in [-0.1, -0.05) is 60.9 Å². The molecule has 0 fully saturated rings. The molecule has 0 aromatic carbocycles. The number of rotatable bonds is 12. The molecule has 0 radical (unpaired) electrons. The van der Waals surface area contributed by atoms with Crippen LogP contribution in [0.25, 0.3) is 0 Å². The van der Waals surface area contributed by atoms with Gasteiger partial charge in [0.2, 0.25) is 0 Å². The molecule has 0 nitrogen and oxygen atoms in total. The van der Waals surface area contributed by atoms with Crippen molar-refractivity contribution in [1.82, 2.24) is 0 Å². The lowest BCUT2D eigenvalue weighted by Crippen LogP contribution is -1.88. The lowest BCUT2D eigenvalue weighted by Gasteiger charge is -2.07. The van der Waals surface area contributed by atoms with Gasteiger partial charge in [0.05, 0.1) is 0 Å². The first-order chi connectivity index (χ1) is 10.5. The predicted molar refractivity (Wildman–Crippen MR) is 103 cm³/mol. The summed E-state index contributed by atoms with van der Waals surface area (Å²) in [5, 5.41) is 0. The zero-order chi connectivity index (χ0) is 16.8. The molecular formula is C22H36. The zero-order valence-corrected chi connectivity index (χ0v) is 15.3. The maximum absolute atomic E-state index is 3.88. The van der Waals surface area contributed by atoms with Gasteiger partial charge in [-0.25, -0.2) is 0 Å². The van der Waals surface area contributed by atoms with E-state index in [1.54, 1.807) is 0 Å². The van der Waals surface area contributed by atoms with Crippen LogP contribution in [0.5, 0.6) is 0 Å². The fourth-order valence-corrected chi connectivity index (χ4v) is 2.36. The molecule has 0 unspecified atom stereocenters. The Kier molecular flexibility index (Phi) is 12.6. The molecule has 124 valence electrons. The molecule has 0 rings (SSSR count). The summed E-state index contributed by atoms with van der Waals surface area (Å²) in [4.78, 5) is 0. The van der Waals surface area contributed by atoms with Gasteiger partial charge in [0, 0.05) is 0 Å². The second-order valence-corrected chi connectivity index (χ2v) is 6.70. The van der Waals surface area contributed by atoms with Gasteiger partial charge in [0.15, 0.2) is 0 Å². The van der Waals surface area contributed by atoms with E-state index >= 15 is 0 Å². The molecule has 22 heavy (non-hydrogen) atoms. The largest absolute Gasteiger partial charge is 0.103 e. The van der Waals surface area contributed by atoms with E-state index in [2.05, 4.69) is 59.1 Å². The minimum atomic E-state index is 0.732.